The minimum atomic E-state index is -1.23. The molecule has 5 amide bonds. The molecule has 2 saturated heterocycles. The normalized spacial score (nSPS) is 19.2. The van der Waals surface area contributed by atoms with Gasteiger partial charge in [-0.1, -0.05) is 18.2 Å². The van der Waals surface area contributed by atoms with Crippen LogP contribution < -0.4 is 33.6 Å². The van der Waals surface area contributed by atoms with Gasteiger partial charge >= 0.3 is 5.97 Å². The van der Waals surface area contributed by atoms with Gasteiger partial charge in [-0.15, -0.1) is 0 Å². The van der Waals surface area contributed by atoms with Gasteiger partial charge < -0.3 is 53.5 Å². The predicted octanol–water partition coefficient (Wildman–Crippen LogP) is -1.61. The van der Waals surface area contributed by atoms with Crippen LogP contribution in [-0.2, 0) is 35.2 Å². The maximum atomic E-state index is 13.9. The number of nitrogens with two attached hydrogens (primary N) is 4. The van der Waals surface area contributed by atoms with Crippen molar-refractivity contribution in [2.45, 2.75) is 88.0 Å². The number of hydrogen-bond acceptors (Lipinski definition) is 8. The molecule has 2 fully saturated rings. The molecular formula is C32H46N10O7. The van der Waals surface area contributed by atoms with E-state index in [1.165, 1.54) is 9.80 Å². The minimum absolute atomic E-state index is 0.0767. The summed E-state index contributed by atoms with van der Waals surface area (Å²) in [5.74, 6) is -4.22. The molecule has 5 atom stereocenters. The number of carboxylic acid groups (broad SMARTS) is 1. The molecule has 0 aliphatic carbocycles. The number of H-pyrrole nitrogens is 1. The van der Waals surface area contributed by atoms with Crippen molar-refractivity contribution in [3.05, 3.63) is 36.0 Å². The number of nitrogens with zero attached hydrogens (tertiary/aromatic N) is 3. The highest BCUT2D eigenvalue weighted by Crippen LogP contribution is 2.26. The zero-order chi connectivity index (χ0) is 35.7. The molecule has 17 nitrogen and oxygen atoms in total. The van der Waals surface area contributed by atoms with Gasteiger partial charge in [0.05, 0.1) is 6.04 Å². The fraction of sp³-hybridized carbons (Fsp3) is 0.531. The second-order valence-corrected chi connectivity index (χ2v) is 12.5. The first-order valence-electron chi connectivity index (χ1n) is 16.5. The third-order valence-corrected chi connectivity index (χ3v) is 8.96. The van der Waals surface area contributed by atoms with Crippen molar-refractivity contribution >= 4 is 52.4 Å². The molecular weight excluding hydrogens is 636 g/mol. The smallest absolute Gasteiger partial charge is 0.326 e. The zero-order valence-electron chi connectivity index (χ0n) is 27.3. The Hall–Kier alpha value is -5.19. The molecule has 0 unspecified atom stereocenters. The number of carbonyl (C=O) groups excluding carboxylic acids is 5. The zero-order valence-corrected chi connectivity index (χ0v) is 27.3. The Morgan fingerprint density at radius 2 is 1.63 bits per heavy atom. The standard InChI is InChI=1S/C32H46N10O7/c33-20(16-18-17-38-21-7-2-1-6-19(18)21)27(44)39-22(11-12-26(34)43)29(46)42-15-5-10-25(42)30(47)41-14-4-9-24(41)28(45)40-23(31(48)49)8-3-13-37-32(35)36/h1-2,6-7,17,20,22-25,38H,3-5,8-16,33H2,(H2,34,43)(H,39,44)(H,40,45)(H,48,49)(H4,35,36,37)/t20-,22-,23-,24-,25-/m0/s1. The minimum Gasteiger partial charge on any atom is -0.480 e. The molecule has 1 aromatic heterocycles. The van der Waals surface area contributed by atoms with E-state index in [2.05, 4.69) is 20.6 Å². The maximum Gasteiger partial charge on any atom is 0.326 e. The number of likely N-dealkylation sites (tertiary alicyclic amines) is 2. The van der Waals surface area contributed by atoms with Crippen molar-refractivity contribution in [2.24, 2.45) is 27.9 Å². The lowest BCUT2D eigenvalue weighted by molar-refractivity contribution is -0.149. The van der Waals surface area contributed by atoms with Crippen molar-refractivity contribution in [2.75, 3.05) is 19.6 Å². The number of rotatable bonds is 16. The molecule has 0 radical (unpaired) electrons. The Labute approximate surface area is 283 Å². The van der Waals surface area contributed by atoms with Crippen LogP contribution >= 0.6 is 0 Å². The third-order valence-electron chi connectivity index (χ3n) is 8.96. The third kappa shape index (κ3) is 9.46. The average Bonchev–Trinajstić information content (AvgIpc) is 3.84. The Kier molecular flexibility index (Phi) is 12.5. The topological polar surface area (TPSA) is 285 Å². The van der Waals surface area contributed by atoms with Gasteiger partial charge in [0, 0.05) is 43.2 Å². The van der Waals surface area contributed by atoms with E-state index in [4.69, 9.17) is 22.9 Å². The second kappa shape index (κ2) is 16.8. The fourth-order valence-corrected chi connectivity index (χ4v) is 6.46. The van der Waals surface area contributed by atoms with Gasteiger partial charge in [0.2, 0.25) is 29.5 Å². The van der Waals surface area contributed by atoms with Gasteiger partial charge in [-0.05, 0) is 63.0 Å². The number of aliphatic carboxylic acids is 1. The molecule has 17 heteroatoms. The molecule has 3 heterocycles. The number of guanidine groups is 1. The average molecular weight is 683 g/mol. The molecule has 266 valence electrons. The quantitative estimate of drug-likeness (QED) is 0.0570. The molecule has 12 N–H and O–H groups in total. The molecule has 2 aliphatic rings. The Morgan fingerprint density at radius 1 is 0.939 bits per heavy atom. The van der Waals surface area contributed by atoms with E-state index in [0.29, 0.717) is 32.1 Å². The first kappa shape index (κ1) is 36.6. The van der Waals surface area contributed by atoms with Crippen LogP contribution in [0, 0.1) is 0 Å². The van der Waals surface area contributed by atoms with Crippen LogP contribution in [-0.4, -0.2) is 111 Å². The lowest BCUT2D eigenvalue weighted by Crippen LogP contribution is -2.58. The predicted molar refractivity (Wildman–Crippen MR) is 179 cm³/mol. The number of carboxylic acids is 1. The van der Waals surface area contributed by atoms with E-state index in [9.17, 15) is 33.9 Å². The van der Waals surface area contributed by atoms with E-state index >= 15 is 0 Å². The molecule has 49 heavy (non-hydrogen) atoms. The van der Waals surface area contributed by atoms with Crippen molar-refractivity contribution in [1.82, 2.24) is 25.4 Å². The van der Waals surface area contributed by atoms with Crippen LogP contribution in [0.15, 0.2) is 35.5 Å². The fourth-order valence-electron chi connectivity index (χ4n) is 6.46. The summed E-state index contributed by atoms with van der Waals surface area (Å²) in [6.45, 7) is 0.669. The summed E-state index contributed by atoms with van der Waals surface area (Å²) in [5.41, 5.74) is 24.0. The molecule has 2 aliphatic heterocycles. The summed E-state index contributed by atoms with van der Waals surface area (Å²) in [6.07, 6.45) is 3.73. The summed E-state index contributed by atoms with van der Waals surface area (Å²) in [5, 5.41) is 15.8. The molecule has 0 saturated carbocycles. The first-order chi connectivity index (χ1) is 23.4. The van der Waals surface area contributed by atoms with Gasteiger partial charge in [-0.25, -0.2) is 4.79 Å². The van der Waals surface area contributed by atoms with Gasteiger partial charge in [0.1, 0.15) is 24.2 Å². The number of nitrogens with one attached hydrogen (secondary N) is 3. The largest absolute Gasteiger partial charge is 0.480 e. The molecule has 4 rings (SSSR count). The summed E-state index contributed by atoms with van der Waals surface area (Å²) in [4.78, 5) is 87.5. The highest BCUT2D eigenvalue weighted by Gasteiger charge is 2.44. The highest BCUT2D eigenvalue weighted by molar-refractivity contribution is 5.96. The Bertz CT molecular complexity index is 1570. The van der Waals surface area contributed by atoms with Crippen molar-refractivity contribution in [1.29, 1.82) is 0 Å². The van der Waals surface area contributed by atoms with Gasteiger partial charge in [0.15, 0.2) is 5.96 Å². The number of fused-ring (bicyclic) bond motifs is 1. The van der Waals surface area contributed by atoms with Gasteiger partial charge in [-0.3, -0.25) is 29.0 Å². The summed E-state index contributed by atoms with van der Waals surface area (Å²) in [6, 6.07) is 2.35. The number of amides is 5. The van der Waals surface area contributed by atoms with Gasteiger partial charge in [-0.2, -0.15) is 0 Å². The van der Waals surface area contributed by atoms with E-state index in [-0.39, 0.29) is 51.3 Å². The van der Waals surface area contributed by atoms with Crippen molar-refractivity contribution in [3.8, 4) is 0 Å². The van der Waals surface area contributed by atoms with Crippen LogP contribution in [0.2, 0.25) is 0 Å². The number of primary amides is 1. The van der Waals surface area contributed by atoms with Crippen molar-refractivity contribution in [3.63, 3.8) is 0 Å². The monoisotopic (exact) mass is 682 g/mol. The van der Waals surface area contributed by atoms with Crippen LogP contribution in [0.1, 0.15) is 56.9 Å². The second-order valence-electron chi connectivity index (χ2n) is 12.5. The number of para-hydroxylation sites is 1. The first-order valence-corrected chi connectivity index (χ1v) is 16.5. The molecule has 1 aromatic carbocycles. The van der Waals surface area contributed by atoms with Crippen LogP contribution in [0.5, 0.6) is 0 Å². The lowest BCUT2D eigenvalue weighted by Gasteiger charge is -2.33. The summed E-state index contributed by atoms with van der Waals surface area (Å²) in [7, 11) is 0. The van der Waals surface area contributed by atoms with E-state index < -0.39 is 65.7 Å². The van der Waals surface area contributed by atoms with E-state index in [1.807, 2.05) is 24.3 Å². The van der Waals surface area contributed by atoms with E-state index in [1.54, 1.807) is 6.20 Å². The number of aromatic amines is 1. The lowest BCUT2D eigenvalue weighted by atomic mass is 10.0. The van der Waals surface area contributed by atoms with Gasteiger partial charge in [0.25, 0.3) is 0 Å². The van der Waals surface area contributed by atoms with Crippen LogP contribution in [0.25, 0.3) is 10.9 Å². The number of carbonyl (C=O) groups is 6. The Morgan fingerprint density at radius 3 is 2.33 bits per heavy atom. The van der Waals surface area contributed by atoms with Crippen LogP contribution in [0.3, 0.4) is 0 Å². The number of aromatic nitrogens is 1. The number of hydrogen-bond donors (Lipinski definition) is 8. The number of benzene rings is 1. The number of aliphatic imine (C=N–C) groups is 1. The highest BCUT2D eigenvalue weighted by atomic mass is 16.4. The SMILES string of the molecule is NC(=O)CC[C@H](NC(=O)[C@@H](N)Cc1c[nH]c2ccccc12)C(=O)N1CCC[C@H]1C(=O)N1CCC[C@H]1C(=O)N[C@@H](CCCN=C(N)N)C(=O)O. The summed E-state index contributed by atoms with van der Waals surface area (Å²) < 4.78 is 0. The molecule has 2 aromatic rings. The Balaban J connectivity index is 1.42. The molecule has 0 bridgehead atoms. The van der Waals surface area contributed by atoms with E-state index in [0.717, 1.165) is 16.5 Å². The van der Waals surface area contributed by atoms with Crippen molar-refractivity contribution < 1.29 is 33.9 Å². The van der Waals surface area contributed by atoms with Crippen LogP contribution in [0.4, 0.5) is 0 Å². The summed E-state index contributed by atoms with van der Waals surface area (Å²) >= 11 is 0. The molecule has 0 spiro atoms. The maximum absolute atomic E-state index is 13.9.